The van der Waals surface area contributed by atoms with E-state index in [0.29, 0.717) is 6.04 Å². The summed E-state index contributed by atoms with van der Waals surface area (Å²) >= 11 is 6.04. The number of rotatable bonds is 4. The molecule has 2 atom stereocenters. The molecule has 106 valence electrons. The second-order valence-corrected chi connectivity index (χ2v) is 9.14. The summed E-state index contributed by atoms with van der Waals surface area (Å²) in [6.45, 7) is 7.23. The predicted molar refractivity (Wildman–Crippen MR) is 88.8 cm³/mol. The minimum Gasteiger partial charge on any atom is -0.309 e. The second kappa shape index (κ2) is 6.85. The molecule has 1 aromatic heterocycles. The fourth-order valence-corrected chi connectivity index (χ4v) is 6.31. The van der Waals surface area contributed by atoms with Crippen molar-refractivity contribution in [3.05, 3.63) is 17.0 Å². The molecule has 0 saturated carbocycles. The van der Waals surface area contributed by atoms with Crippen molar-refractivity contribution in [1.29, 1.82) is 0 Å². The molecule has 1 unspecified atom stereocenters. The Morgan fingerprint density at radius 3 is 3.05 bits per heavy atom. The average molecular weight is 315 g/mol. The Labute approximate surface area is 128 Å². The van der Waals surface area contributed by atoms with E-state index in [1.807, 2.05) is 23.1 Å². The topological polar surface area (TPSA) is 15.3 Å². The van der Waals surface area contributed by atoms with Crippen molar-refractivity contribution in [2.24, 2.45) is 0 Å². The Balaban J connectivity index is 1.50. The summed E-state index contributed by atoms with van der Waals surface area (Å²) in [5.41, 5.74) is 1.54. The third-order valence-electron chi connectivity index (χ3n) is 3.83. The van der Waals surface area contributed by atoms with Crippen LogP contribution in [0.4, 0.5) is 0 Å². The van der Waals surface area contributed by atoms with Crippen LogP contribution in [0.5, 0.6) is 0 Å². The van der Waals surface area contributed by atoms with Gasteiger partial charge in [-0.2, -0.15) is 11.8 Å². The number of thioether (sulfide) groups is 2. The molecule has 2 nitrogen and oxygen atoms in total. The van der Waals surface area contributed by atoms with Crippen molar-refractivity contribution in [3.8, 4) is 0 Å². The van der Waals surface area contributed by atoms with E-state index in [9.17, 15) is 0 Å². The minimum atomic E-state index is 0.580. The molecule has 1 fully saturated rings. The van der Waals surface area contributed by atoms with Gasteiger partial charge in [-0.1, -0.05) is 6.92 Å². The van der Waals surface area contributed by atoms with Crippen molar-refractivity contribution in [1.82, 2.24) is 10.2 Å². The molecular formula is C14H22N2S3. The van der Waals surface area contributed by atoms with Gasteiger partial charge in [0.05, 0.1) is 4.21 Å². The molecule has 0 amide bonds. The molecule has 1 N–H and O–H groups in total. The van der Waals surface area contributed by atoms with Crippen LogP contribution in [-0.4, -0.2) is 47.8 Å². The Kier molecular flexibility index (Phi) is 5.14. The lowest BCUT2D eigenvalue weighted by atomic mass is 10.0. The summed E-state index contributed by atoms with van der Waals surface area (Å²) in [4.78, 5) is 2.60. The van der Waals surface area contributed by atoms with Gasteiger partial charge in [-0.05, 0) is 23.4 Å². The molecule has 1 aromatic rings. The Morgan fingerprint density at radius 2 is 2.21 bits per heavy atom. The normalized spacial score (nSPS) is 28.3. The van der Waals surface area contributed by atoms with Crippen molar-refractivity contribution in [2.75, 3.05) is 37.7 Å². The third kappa shape index (κ3) is 3.70. The zero-order valence-electron chi connectivity index (χ0n) is 11.4. The molecule has 0 aliphatic carbocycles. The lowest BCUT2D eigenvalue weighted by Crippen LogP contribution is -2.39. The number of nitrogens with one attached hydrogen (secondary N) is 1. The molecule has 0 spiro atoms. The fourth-order valence-electron chi connectivity index (χ4n) is 2.76. The molecule has 0 aromatic carbocycles. The maximum atomic E-state index is 3.79. The van der Waals surface area contributed by atoms with E-state index < -0.39 is 0 Å². The maximum absolute atomic E-state index is 3.79. The van der Waals surface area contributed by atoms with Gasteiger partial charge >= 0.3 is 0 Å². The predicted octanol–water partition coefficient (Wildman–Crippen LogP) is 3.31. The molecule has 1 saturated heterocycles. The zero-order chi connectivity index (χ0) is 13.1. The van der Waals surface area contributed by atoms with Crippen LogP contribution in [0.15, 0.2) is 15.7 Å². The number of thiophene rings is 1. The van der Waals surface area contributed by atoms with Crippen LogP contribution in [0, 0.1) is 0 Å². The standard InChI is InChI=1S/C14H22N2S3/c1-11-10-13(12-2-7-18-14(12)19-11)15-3-4-16-5-8-17-9-6-16/h2,7,11,13,15H,3-6,8-10H2,1H3/t11-,13?/m0/s1. The monoisotopic (exact) mass is 314 g/mol. The maximum Gasteiger partial charge on any atom is 0.0649 e. The Hall–Kier alpha value is 0.320. The van der Waals surface area contributed by atoms with E-state index in [2.05, 4.69) is 40.3 Å². The highest BCUT2D eigenvalue weighted by Crippen LogP contribution is 2.43. The van der Waals surface area contributed by atoms with Crippen molar-refractivity contribution in [3.63, 3.8) is 0 Å². The van der Waals surface area contributed by atoms with Gasteiger partial charge in [0.1, 0.15) is 0 Å². The SMILES string of the molecule is C[C@H]1CC(NCCN2CCSCC2)c2ccsc2S1. The van der Waals surface area contributed by atoms with Crippen LogP contribution in [0.25, 0.3) is 0 Å². The van der Waals surface area contributed by atoms with E-state index in [-0.39, 0.29) is 0 Å². The highest BCUT2D eigenvalue weighted by Gasteiger charge is 2.25. The Bertz CT molecular complexity index is 401. The average Bonchev–Trinajstić information content (AvgIpc) is 2.88. The van der Waals surface area contributed by atoms with Crippen LogP contribution in [0.1, 0.15) is 24.9 Å². The van der Waals surface area contributed by atoms with Crippen molar-refractivity contribution < 1.29 is 0 Å². The van der Waals surface area contributed by atoms with Crippen LogP contribution >= 0.6 is 34.9 Å². The van der Waals surface area contributed by atoms with Gasteiger partial charge in [-0.25, -0.2) is 0 Å². The molecule has 2 aliphatic heterocycles. The van der Waals surface area contributed by atoms with Crippen LogP contribution in [-0.2, 0) is 0 Å². The zero-order valence-corrected chi connectivity index (χ0v) is 13.9. The second-order valence-electron chi connectivity index (χ2n) is 5.29. The van der Waals surface area contributed by atoms with Crippen molar-refractivity contribution in [2.45, 2.75) is 28.8 Å². The van der Waals surface area contributed by atoms with E-state index >= 15 is 0 Å². The van der Waals surface area contributed by atoms with E-state index in [1.165, 1.54) is 41.8 Å². The highest BCUT2D eigenvalue weighted by atomic mass is 32.2. The molecule has 0 bridgehead atoms. The van der Waals surface area contributed by atoms with Gasteiger partial charge in [-0.3, -0.25) is 0 Å². The molecular weight excluding hydrogens is 292 g/mol. The molecule has 3 rings (SSSR count). The number of hydrogen-bond donors (Lipinski definition) is 1. The number of nitrogens with zero attached hydrogens (tertiary/aromatic N) is 1. The minimum absolute atomic E-state index is 0.580. The van der Waals surface area contributed by atoms with E-state index in [1.54, 1.807) is 5.56 Å². The van der Waals surface area contributed by atoms with E-state index in [4.69, 9.17) is 0 Å². The first-order valence-electron chi connectivity index (χ1n) is 7.10. The summed E-state index contributed by atoms with van der Waals surface area (Å²) in [5.74, 6) is 2.62. The van der Waals surface area contributed by atoms with Gasteiger partial charge < -0.3 is 10.2 Å². The summed E-state index contributed by atoms with van der Waals surface area (Å²) in [6.07, 6.45) is 1.27. The molecule has 0 radical (unpaired) electrons. The Morgan fingerprint density at radius 1 is 1.37 bits per heavy atom. The van der Waals surface area contributed by atoms with Gasteiger partial charge in [0, 0.05) is 49.0 Å². The van der Waals surface area contributed by atoms with Gasteiger partial charge in [0.25, 0.3) is 0 Å². The van der Waals surface area contributed by atoms with Crippen LogP contribution < -0.4 is 5.32 Å². The summed E-state index contributed by atoms with van der Waals surface area (Å²) in [5, 5.41) is 6.77. The molecule has 2 aliphatic rings. The molecule has 3 heterocycles. The van der Waals surface area contributed by atoms with E-state index in [0.717, 1.165) is 11.8 Å². The lowest BCUT2D eigenvalue weighted by Gasteiger charge is -2.30. The quantitative estimate of drug-likeness (QED) is 0.916. The number of fused-ring (bicyclic) bond motifs is 1. The summed E-state index contributed by atoms with van der Waals surface area (Å²) in [6, 6.07) is 2.89. The highest BCUT2D eigenvalue weighted by molar-refractivity contribution is 8.01. The summed E-state index contributed by atoms with van der Waals surface area (Å²) < 4.78 is 1.53. The number of hydrogen-bond acceptors (Lipinski definition) is 5. The van der Waals surface area contributed by atoms with Gasteiger partial charge in [0.15, 0.2) is 0 Å². The molecule has 5 heteroatoms. The third-order valence-corrected chi connectivity index (χ3v) is 7.12. The first kappa shape index (κ1) is 14.3. The van der Waals surface area contributed by atoms with Gasteiger partial charge in [0.2, 0.25) is 0 Å². The smallest absolute Gasteiger partial charge is 0.0649 e. The first-order chi connectivity index (χ1) is 9.33. The van der Waals surface area contributed by atoms with Crippen LogP contribution in [0.2, 0.25) is 0 Å². The lowest BCUT2D eigenvalue weighted by molar-refractivity contribution is 0.293. The van der Waals surface area contributed by atoms with Crippen LogP contribution in [0.3, 0.4) is 0 Å². The summed E-state index contributed by atoms with van der Waals surface area (Å²) in [7, 11) is 0. The largest absolute Gasteiger partial charge is 0.309 e. The van der Waals surface area contributed by atoms with Crippen molar-refractivity contribution >= 4 is 34.9 Å². The fraction of sp³-hybridized carbons (Fsp3) is 0.714. The first-order valence-corrected chi connectivity index (χ1v) is 10.0. The van der Waals surface area contributed by atoms with Gasteiger partial charge in [-0.15, -0.1) is 23.1 Å². The molecule has 19 heavy (non-hydrogen) atoms.